The van der Waals surface area contributed by atoms with Gasteiger partial charge in [-0.2, -0.15) is 0 Å². The number of carbonyl (C=O) groups excluding carboxylic acids is 1. The first kappa shape index (κ1) is 29.6. The largest absolute Gasteiger partial charge is 0.485 e. The summed E-state index contributed by atoms with van der Waals surface area (Å²) in [6.45, 7) is 6.73. The Morgan fingerprint density at radius 2 is 2.00 bits per heavy atom. The minimum atomic E-state index is -0.880. The monoisotopic (exact) mass is 533 g/mol. The number of pyridine rings is 2. The number of aliphatic imine (C=N–C) groups is 1. The van der Waals surface area contributed by atoms with Crippen molar-refractivity contribution in [2.45, 2.75) is 39.8 Å². The number of allylic oxidation sites excluding steroid dienone is 4. The number of aldehydes is 1. The Labute approximate surface area is 219 Å². The molecule has 2 aromatic rings. The zero-order chi connectivity index (χ0) is 27.8. The highest BCUT2D eigenvalue weighted by molar-refractivity contribution is 6.39. The number of rotatable bonds is 11. The molecule has 0 fully saturated rings. The second kappa shape index (κ2) is 13.1. The maximum atomic E-state index is 13.9. The number of aromatic nitrogens is 2. The van der Waals surface area contributed by atoms with Gasteiger partial charge in [0.15, 0.2) is 12.1 Å². The van der Waals surface area contributed by atoms with Crippen LogP contribution in [0.3, 0.4) is 0 Å². The SMILES string of the molecule is C/C(=C/C(OCc1ncc(F)cc1F)=C(/Cl)C=O)N(C)c1cc(/C(N)=C/C=NC(C)(C)CO)ncc1C. The molecule has 0 aliphatic rings. The van der Waals surface area contributed by atoms with E-state index in [0.717, 1.165) is 17.4 Å². The van der Waals surface area contributed by atoms with Gasteiger partial charge < -0.3 is 20.5 Å². The first-order valence-electron chi connectivity index (χ1n) is 11.2. The third-order valence-electron chi connectivity index (χ3n) is 5.25. The second-order valence-electron chi connectivity index (χ2n) is 8.77. The van der Waals surface area contributed by atoms with Crippen LogP contribution in [0.4, 0.5) is 14.5 Å². The smallest absolute Gasteiger partial charge is 0.165 e. The average molecular weight is 534 g/mol. The molecule has 37 heavy (non-hydrogen) atoms. The topological polar surface area (TPSA) is 114 Å². The lowest BCUT2D eigenvalue weighted by Crippen LogP contribution is -2.21. The van der Waals surface area contributed by atoms with Gasteiger partial charge in [-0.25, -0.2) is 8.78 Å². The van der Waals surface area contributed by atoms with Crippen LogP contribution in [0.2, 0.25) is 0 Å². The van der Waals surface area contributed by atoms with Gasteiger partial charge in [0, 0.05) is 43.0 Å². The van der Waals surface area contributed by atoms with Crippen molar-refractivity contribution in [3.8, 4) is 0 Å². The fraction of sp³-hybridized carbons (Fsp3) is 0.308. The van der Waals surface area contributed by atoms with Gasteiger partial charge in [0.25, 0.3) is 0 Å². The Bertz CT molecular complexity index is 1260. The molecule has 11 heteroatoms. The molecule has 0 amide bonds. The quantitative estimate of drug-likeness (QED) is 0.144. The minimum Gasteiger partial charge on any atom is -0.485 e. The van der Waals surface area contributed by atoms with Crippen molar-refractivity contribution in [2.24, 2.45) is 10.7 Å². The van der Waals surface area contributed by atoms with Crippen LogP contribution in [-0.2, 0) is 16.1 Å². The number of anilines is 1. The molecule has 0 aliphatic carbocycles. The zero-order valence-electron chi connectivity index (χ0n) is 21.3. The lowest BCUT2D eigenvalue weighted by Gasteiger charge is -2.23. The normalized spacial score (nSPS) is 13.5. The Balaban J connectivity index is 2.31. The third-order valence-corrected chi connectivity index (χ3v) is 5.53. The Hall–Kier alpha value is -3.63. The van der Waals surface area contributed by atoms with E-state index in [1.807, 2.05) is 11.8 Å². The van der Waals surface area contributed by atoms with Crippen LogP contribution in [0.1, 0.15) is 37.7 Å². The number of carbonyl (C=O) groups is 1. The lowest BCUT2D eigenvalue weighted by atomic mass is 10.1. The third kappa shape index (κ3) is 8.47. The molecule has 2 rings (SSSR count). The lowest BCUT2D eigenvalue weighted by molar-refractivity contribution is -0.104. The van der Waals surface area contributed by atoms with Crippen molar-refractivity contribution >= 4 is 35.5 Å². The van der Waals surface area contributed by atoms with Crippen molar-refractivity contribution in [2.75, 3.05) is 18.6 Å². The number of aliphatic hydroxyl groups excluding tert-OH is 1. The summed E-state index contributed by atoms with van der Waals surface area (Å²) in [6, 6.07) is 2.47. The van der Waals surface area contributed by atoms with E-state index >= 15 is 0 Å². The molecule has 0 atom stereocenters. The first-order chi connectivity index (χ1) is 17.4. The molecule has 8 nitrogen and oxygen atoms in total. The highest BCUT2D eigenvalue weighted by Crippen LogP contribution is 2.26. The Morgan fingerprint density at radius 1 is 1.30 bits per heavy atom. The maximum absolute atomic E-state index is 13.9. The molecule has 0 saturated heterocycles. The van der Waals surface area contributed by atoms with E-state index in [9.17, 15) is 18.7 Å². The standard InChI is InChI=1S/C26H30ClF2N5O3/c1-16-11-31-22(21(30)6-7-33-26(3,4)15-36)10-24(16)34(5)17(2)8-25(19(27)13-35)37-14-23-20(29)9-18(28)12-32-23/h6-13,36H,14-15,30H2,1-5H3/b17-8-,21-6-,25-19-,33-7?. The molecular weight excluding hydrogens is 504 g/mol. The van der Waals surface area contributed by atoms with Gasteiger partial charge in [0.2, 0.25) is 0 Å². The molecule has 2 heterocycles. The van der Waals surface area contributed by atoms with Gasteiger partial charge >= 0.3 is 0 Å². The number of aryl methyl sites for hydroxylation is 1. The van der Waals surface area contributed by atoms with E-state index < -0.39 is 17.2 Å². The predicted molar refractivity (Wildman–Crippen MR) is 141 cm³/mol. The van der Waals surface area contributed by atoms with E-state index in [0.29, 0.717) is 29.4 Å². The van der Waals surface area contributed by atoms with Gasteiger partial charge in [-0.05, 0) is 45.4 Å². The molecule has 198 valence electrons. The number of nitrogens with two attached hydrogens (primary N) is 1. The summed E-state index contributed by atoms with van der Waals surface area (Å²) in [5, 5.41) is 9.08. The average Bonchev–Trinajstić information content (AvgIpc) is 2.86. The molecule has 3 N–H and O–H groups in total. The van der Waals surface area contributed by atoms with Crippen molar-refractivity contribution < 1.29 is 23.4 Å². The van der Waals surface area contributed by atoms with Crippen LogP contribution < -0.4 is 10.6 Å². The van der Waals surface area contributed by atoms with Gasteiger partial charge in [-0.1, -0.05) is 11.6 Å². The van der Waals surface area contributed by atoms with Crippen LogP contribution in [0.5, 0.6) is 0 Å². The zero-order valence-corrected chi connectivity index (χ0v) is 22.1. The summed E-state index contributed by atoms with van der Waals surface area (Å²) in [5.74, 6) is -1.71. The highest BCUT2D eigenvalue weighted by atomic mass is 35.5. The molecule has 0 unspecified atom stereocenters. The highest BCUT2D eigenvalue weighted by Gasteiger charge is 2.14. The Kier molecular flexibility index (Phi) is 10.5. The minimum absolute atomic E-state index is 0.0133. The fourth-order valence-electron chi connectivity index (χ4n) is 2.89. The van der Waals surface area contributed by atoms with Crippen molar-refractivity contribution in [1.29, 1.82) is 0 Å². The van der Waals surface area contributed by atoms with E-state index in [1.54, 1.807) is 46.2 Å². The van der Waals surface area contributed by atoms with E-state index in [-0.39, 0.29) is 29.7 Å². The summed E-state index contributed by atoms with van der Waals surface area (Å²) < 4.78 is 32.6. The predicted octanol–water partition coefficient (Wildman–Crippen LogP) is 4.41. The number of nitrogens with zero attached hydrogens (tertiary/aromatic N) is 4. The van der Waals surface area contributed by atoms with E-state index in [1.165, 1.54) is 12.3 Å². The Morgan fingerprint density at radius 3 is 2.62 bits per heavy atom. The van der Waals surface area contributed by atoms with Crippen LogP contribution in [0.25, 0.3) is 5.70 Å². The summed E-state index contributed by atoms with van der Waals surface area (Å²) in [6.07, 6.45) is 7.57. The second-order valence-corrected chi connectivity index (χ2v) is 9.18. The van der Waals surface area contributed by atoms with Crippen molar-refractivity contribution in [1.82, 2.24) is 9.97 Å². The summed E-state index contributed by atoms with van der Waals surface area (Å²) >= 11 is 6.03. The molecule has 2 aromatic heterocycles. The van der Waals surface area contributed by atoms with E-state index in [4.69, 9.17) is 22.1 Å². The summed E-state index contributed by atoms with van der Waals surface area (Å²) in [4.78, 5) is 25.4. The molecular formula is C26H30ClF2N5O3. The van der Waals surface area contributed by atoms with Crippen molar-refractivity contribution in [3.05, 3.63) is 81.8 Å². The number of hydrogen-bond donors (Lipinski definition) is 2. The summed E-state index contributed by atoms with van der Waals surface area (Å²) in [5.41, 5.74) is 8.51. The number of halogens is 3. The molecule has 0 aromatic carbocycles. The van der Waals surface area contributed by atoms with Gasteiger partial charge in [0.05, 0.1) is 29.7 Å². The summed E-state index contributed by atoms with van der Waals surface area (Å²) in [7, 11) is 1.79. The molecule has 0 aliphatic heterocycles. The van der Waals surface area contributed by atoms with Gasteiger partial charge in [0.1, 0.15) is 28.9 Å². The van der Waals surface area contributed by atoms with Crippen LogP contribution in [0, 0.1) is 18.6 Å². The van der Waals surface area contributed by atoms with Crippen LogP contribution in [0.15, 0.2) is 58.2 Å². The van der Waals surface area contributed by atoms with Gasteiger partial charge in [-0.3, -0.25) is 19.8 Å². The number of hydrogen-bond acceptors (Lipinski definition) is 8. The first-order valence-corrected chi connectivity index (χ1v) is 11.5. The van der Waals surface area contributed by atoms with Crippen LogP contribution >= 0.6 is 11.6 Å². The van der Waals surface area contributed by atoms with Gasteiger partial charge in [-0.15, -0.1) is 0 Å². The number of aliphatic hydroxyl groups is 1. The van der Waals surface area contributed by atoms with E-state index in [2.05, 4.69) is 15.0 Å². The number of ether oxygens (including phenoxy) is 1. The molecule has 0 radical (unpaired) electrons. The molecule has 0 spiro atoms. The molecule has 0 saturated carbocycles. The van der Waals surface area contributed by atoms with Crippen LogP contribution in [-0.4, -0.2) is 46.8 Å². The maximum Gasteiger partial charge on any atom is 0.165 e. The molecule has 0 bridgehead atoms. The fourth-order valence-corrected chi connectivity index (χ4v) is 3.00. The van der Waals surface area contributed by atoms with Crippen molar-refractivity contribution in [3.63, 3.8) is 0 Å².